The standard InChI is InChI=1S/C14H13F2N3S/c1-7-6-8(2)18-14(11(7)13(17)20)19-12-9(15)4-3-5-10(12)16/h3-6H,1-2H3,(H2,17,20)(H,18,19). The van der Waals surface area contributed by atoms with Crippen molar-refractivity contribution in [3.63, 3.8) is 0 Å². The van der Waals surface area contributed by atoms with E-state index >= 15 is 0 Å². The maximum Gasteiger partial charge on any atom is 0.149 e. The summed E-state index contributed by atoms with van der Waals surface area (Å²) in [4.78, 5) is 4.34. The highest BCUT2D eigenvalue weighted by atomic mass is 32.1. The van der Waals surface area contributed by atoms with Crippen LogP contribution in [0.1, 0.15) is 16.8 Å². The fourth-order valence-corrected chi connectivity index (χ4v) is 2.23. The number of nitrogens with one attached hydrogen (secondary N) is 1. The van der Waals surface area contributed by atoms with Crippen molar-refractivity contribution in [2.24, 2.45) is 5.73 Å². The number of anilines is 2. The van der Waals surface area contributed by atoms with Gasteiger partial charge >= 0.3 is 0 Å². The first-order valence-electron chi connectivity index (χ1n) is 5.89. The molecule has 3 nitrogen and oxygen atoms in total. The molecule has 0 radical (unpaired) electrons. The van der Waals surface area contributed by atoms with E-state index in [1.165, 1.54) is 6.07 Å². The molecule has 0 unspecified atom stereocenters. The van der Waals surface area contributed by atoms with Crippen LogP contribution in [0, 0.1) is 25.5 Å². The van der Waals surface area contributed by atoms with Crippen LogP contribution in [-0.4, -0.2) is 9.97 Å². The molecule has 0 bridgehead atoms. The Bertz CT molecular complexity index is 666. The number of benzene rings is 1. The quantitative estimate of drug-likeness (QED) is 0.852. The van der Waals surface area contributed by atoms with Crippen LogP contribution in [0.2, 0.25) is 0 Å². The molecule has 104 valence electrons. The minimum atomic E-state index is -0.708. The van der Waals surface area contributed by atoms with E-state index in [-0.39, 0.29) is 16.5 Å². The Hall–Kier alpha value is -2.08. The van der Waals surface area contributed by atoms with Crippen molar-refractivity contribution >= 4 is 28.7 Å². The van der Waals surface area contributed by atoms with Crippen LogP contribution in [0.5, 0.6) is 0 Å². The molecule has 0 saturated heterocycles. The molecule has 1 aromatic carbocycles. The number of thiocarbonyl (C=S) groups is 1. The van der Waals surface area contributed by atoms with Crippen LogP contribution in [0.25, 0.3) is 0 Å². The Morgan fingerprint density at radius 3 is 2.40 bits per heavy atom. The van der Waals surface area contributed by atoms with Gasteiger partial charge in [0.1, 0.15) is 28.1 Å². The molecule has 0 spiro atoms. The van der Waals surface area contributed by atoms with Crippen molar-refractivity contribution in [3.05, 3.63) is 52.7 Å². The molecular weight excluding hydrogens is 280 g/mol. The number of aryl methyl sites for hydroxylation is 2. The van der Waals surface area contributed by atoms with Crippen molar-refractivity contribution in [1.29, 1.82) is 0 Å². The number of nitrogens with two attached hydrogens (primary N) is 1. The van der Waals surface area contributed by atoms with Crippen LogP contribution in [0.4, 0.5) is 20.3 Å². The zero-order valence-electron chi connectivity index (χ0n) is 11.0. The Balaban J connectivity index is 2.56. The summed E-state index contributed by atoms with van der Waals surface area (Å²) in [6.45, 7) is 3.59. The molecule has 0 aliphatic rings. The Morgan fingerprint density at radius 2 is 1.85 bits per heavy atom. The van der Waals surface area contributed by atoms with E-state index in [1.54, 1.807) is 13.0 Å². The summed E-state index contributed by atoms with van der Waals surface area (Å²) in [5.41, 5.74) is 7.36. The average molecular weight is 293 g/mol. The van der Waals surface area contributed by atoms with Gasteiger partial charge in [-0.05, 0) is 37.6 Å². The first-order valence-corrected chi connectivity index (χ1v) is 6.30. The Morgan fingerprint density at radius 1 is 1.25 bits per heavy atom. The smallest absolute Gasteiger partial charge is 0.149 e. The van der Waals surface area contributed by atoms with E-state index in [0.29, 0.717) is 11.3 Å². The zero-order chi connectivity index (χ0) is 14.9. The summed E-state index contributed by atoms with van der Waals surface area (Å²) >= 11 is 4.97. The second-order valence-corrected chi connectivity index (χ2v) is 4.83. The molecule has 2 rings (SSSR count). The normalized spacial score (nSPS) is 10.4. The van der Waals surface area contributed by atoms with E-state index in [2.05, 4.69) is 10.3 Å². The average Bonchev–Trinajstić information content (AvgIpc) is 2.32. The fourth-order valence-electron chi connectivity index (χ4n) is 1.97. The lowest BCUT2D eigenvalue weighted by Gasteiger charge is -2.14. The zero-order valence-corrected chi connectivity index (χ0v) is 11.8. The lowest BCUT2D eigenvalue weighted by atomic mass is 10.1. The summed E-state index contributed by atoms with van der Waals surface area (Å²) in [5.74, 6) is -1.17. The Labute approximate surface area is 120 Å². The molecule has 1 aromatic heterocycles. The number of hydrogen-bond donors (Lipinski definition) is 2. The van der Waals surface area contributed by atoms with E-state index in [9.17, 15) is 8.78 Å². The number of aromatic nitrogens is 1. The van der Waals surface area contributed by atoms with Crippen molar-refractivity contribution in [2.75, 3.05) is 5.32 Å². The second-order valence-electron chi connectivity index (χ2n) is 4.39. The van der Waals surface area contributed by atoms with Gasteiger partial charge in [0.2, 0.25) is 0 Å². The van der Waals surface area contributed by atoms with Gasteiger partial charge in [-0.3, -0.25) is 0 Å². The molecule has 2 aromatic rings. The lowest BCUT2D eigenvalue weighted by molar-refractivity contribution is 0.590. The molecular formula is C14H13F2N3S. The minimum absolute atomic E-state index is 0.120. The van der Waals surface area contributed by atoms with Gasteiger partial charge in [-0.1, -0.05) is 18.3 Å². The van der Waals surface area contributed by atoms with Crippen molar-refractivity contribution in [3.8, 4) is 0 Å². The maximum absolute atomic E-state index is 13.7. The molecule has 1 heterocycles. The summed E-state index contributed by atoms with van der Waals surface area (Å²) < 4.78 is 27.4. The molecule has 0 amide bonds. The van der Waals surface area contributed by atoms with Crippen LogP contribution >= 0.6 is 12.2 Å². The van der Waals surface area contributed by atoms with Gasteiger partial charge in [-0.25, -0.2) is 13.8 Å². The fraction of sp³-hybridized carbons (Fsp3) is 0.143. The van der Waals surface area contributed by atoms with Gasteiger partial charge in [0.05, 0.1) is 5.56 Å². The number of pyridine rings is 1. The van der Waals surface area contributed by atoms with E-state index in [0.717, 1.165) is 17.7 Å². The highest BCUT2D eigenvalue weighted by Crippen LogP contribution is 2.26. The van der Waals surface area contributed by atoms with Gasteiger partial charge in [0, 0.05) is 5.69 Å². The van der Waals surface area contributed by atoms with Gasteiger partial charge in [0.25, 0.3) is 0 Å². The van der Waals surface area contributed by atoms with Crippen molar-refractivity contribution < 1.29 is 8.78 Å². The third kappa shape index (κ3) is 2.75. The first-order chi connectivity index (χ1) is 9.40. The number of hydrogen-bond acceptors (Lipinski definition) is 3. The molecule has 0 aliphatic carbocycles. The maximum atomic E-state index is 13.7. The molecule has 20 heavy (non-hydrogen) atoms. The van der Waals surface area contributed by atoms with Gasteiger partial charge in [-0.15, -0.1) is 0 Å². The van der Waals surface area contributed by atoms with E-state index < -0.39 is 11.6 Å². The summed E-state index contributed by atoms with van der Waals surface area (Å²) in [6.07, 6.45) is 0. The van der Waals surface area contributed by atoms with Gasteiger partial charge in [0.15, 0.2) is 0 Å². The SMILES string of the molecule is Cc1cc(C)c(C(N)=S)c(Nc2c(F)cccc2F)n1. The molecule has 6 heteroatoms. The number of halogens is 2. The van der Waals surface area contributed by atoms with Crippen molar-refractivity contribution in [2.45, 2.75) is 13.8 Å². The number of rotatable bonds is 3. The summed E-state index contributed by atoms with van der Waals surface area (Å²) in [7, 11) is 0. The third-order valence-electron chi connectivity index (χ3n) is 2.80. The van der Waals surface area contributed by atoms with Crippen LogP contribution in [0.15, 0.2) is 24.3 Å². The number of para-hydroxylation sites is 1. The summed E-state index contributed by atoms with van der Waals surface area (Å²) in [5, 5.41) is 2.64. The number of nitrogens with zero attached hydrogens (tertiary/aromatic N) is 1. The molecule has 3 N–H and O–H groups in total. The molecule has 0 fully saturated rings. The van der Waals surface area contributed by atoms with Crippen LogP contribution in [0.3, 0.4) is 0 Å². The molecule has 0 aliphatic heterocycles. The third-order valence-corrected chi connectivity index (χ3v) is 3.00. The van der Waals surface area contributed by atoms with E-state index in [4.69, 9.17) is 18.0 Å². The molecule has 0 atom stereocenters. The highest BCUT2D eigenvalue weighted by molar-refractivity contribution is 7.80. The predicted molar refractivity (Wildman–Crippen MR) is 79.2 cm³/mol. The van der Waals surface area contributed by atoms with E-state index in [1.807, 2.05) is 6.92 Å². The van der Waals surface area contributed by atoms with Gasteiger partial charge in [-0.2, -0.15) is 0 Å². The van der Waals surface area contributed by atoms with Crippen LogP contribution in [-0.2, 0) is 0 Å². The lowest BCUT2D eigenvalue weighted by Crippen LogP contribution is -2.16. The Kier molecular flexibility index (Phi) is 3.94. The molecule has 0 saturated carbocycles. The largest absolute Gasteiger partial charge is 0.389 e. The topological polar surface area (TPSA) is 50.9 Å². The summed E-state index contributed by atoms with van der Waals surface area (Å²) in [6, 6.07) is 5.42. The van der Waals surface area contributed by atoms with Gasteiger partial charge < -0.3 is 11.1 Å². The van der Waals surface area contributed by atoms with Crippen LogP contribution < -0.4 is 11.1 Å². The highest BCUT2D eigenvalue weighted by Gasteiger charge is 2.15. The second kappa shape index (κ2) is 5.50. The predicted octanol–water partition coefficient (Wildman–Crippen LogP) is 3.35. The monoisotopic (exact) mass is 293 g/mol. The minimum Gasteiger partial charge on any atom is -0.389 e. The first kappa shape index (κ1) is 14.3. The van der Waals surface area contributed by atoms with Crippen molar-refractivity contribution in [1.82, 2.24) is 4.98 Å².